The maximum absolute atomic E-state index is 11.2. The molecule has 1 amide bonds. The molecule has 4 nitrogen and oxygen atoms in total. The van der Waals surface area contributed by atoms with E-state index in [1.54, 1.807) is 13.2 Å². The minimum Gasteiger partial charge on any atom is -0.467 e. The van der Waals surface area contributed by atoms with E-state index in [2.05, 4.69) is 5.32 Å². The molecule has 3 N–H and O–H groups in total. The summed E-state index contributed by atoms with van der Waals surface area (Å²) in [4.78, 5) is 11.2. The summed E-state index contributed by atoms with van der Waals surface area (Å²) in [5, 5.41) is 3.17. The fourth-order valence-corrected chi connectivity index (χ4v) is 1.78. The summed E-state index contributed by atoms with van der Waals surface area (Å²) in [6.45, 7) is 1.74. The molecule has 1 heterocycles. The summed E-state index contributed by atoms with van der Waals surface area (Å²) in [5.74, 6) is 0.372. The number of carbonyl (C=O) groups excluding carboxylic acids is 1. The largest absolute Gasteiger partial charge is 0.467 e. The lowest BCUT2D eigenvalue weighted by Crippen LogP contribution is -2.41. The molecule has 0 spiro atoms. The molecule has 1 aromatic carbocycles. The van der Waals surface area contributed by atoms with Crippen molar-refractivity contribution in [3.8, 4) is 0 Å². The molecule has 2 atom stereocenters. The van der Waals surface area contributed by atoms with E-state index in [4.69, 9.17) is 10.2 Å². The second-order valence-corrected chi connectivity index (χ2v) is 4.15. The number of hydrogen-bond donors (Lipinski definition) is 2. The number of rotatable bonds is 5. The molecular weight excluding hydrogens is 228 g/mol. The standard InChI is InChI=1S/C14H16N2O2/c1-10(14(15)17)16-13(12-8-5-9-18-12)11-6-3-2-4-7-11/h2-10,13,16H,1H3,(H2,15,17). The van der Waals surface area contributed by atoms with Crippen LogP contribution in [-0.2, 0) is 4.79 Å². The van der Waals surface area contributed by atoms with Gasteiger partial charge in [-0.3, -0.25) is 10.1 Å². The van der Waals surface area contributed by atoms with Gasteiger partial charge in [0.15, 0.2) is 0 Å². The molecule has 94 valence electrons. The van der Waals surface area contributed by atoms with Crippen molar-refractivity contribution in [3.63, 3.8) is 0 Å². The molecule has 0 aliphatic carbocycles. The van der Waals surface area contributed by atoms with Gasteiger partial charge in [-0.15, -0.1) is 0 Å². The quantitative estimate of drug-likeness (QED) is 0.843. The van der Waals surface area contributed by atoms with Gasteiger partial charge in [-0.1, -0.05) is 30.3 Å². The van der Waals surface area contributed by atoms with Gasteiger partial charge in [-0.05, 0) is 24.6 Å². The molecule has 2 aromatic rings. The summed E-state index contributed by atoms with van der Waals surface area (Å²) in [7, 11) is 0. The van der Waals surface area contributed by atoms with Gasteiger partial charge in [0, 0.05) is 0 Å². The molecular formula is C14H16N2O2. The predicted molar refractivity (Wildman–Crippen MR) is 68.8 cm³/mol. The first-order valence-electron chi connectivity index (χ1n) is 5.82. The summed E-state index contributed by atoms with van der Waals surface area (Å²) in [6, 6.07) is 12.9. The number of hydrogen-bond acceptors (Lipinski definition) is 3. The fourth-order valence-electron chi connectivity index (χ4n) is 1.78. The van der Waals surface area contributed by atoms with Crippen molar-refractivity contribution in [1.82, 2.24) is 5.32 Å². The highest BCUT2D eigenvalue weighted by atomic mass is 16.3. The molecule has 18 heavy (non-hydrogen) atoms. The van der Waals surface area contributed by atoms with Gasteiger partial charge in [0.25, 0.3) is 0 Å². The second kappa shape index (κ2) is 5.51. The average Bonchev–Trinajstić information content (AvgIpc) is 2.90. The molecule has 0 fully saturated rings. The maximum Gasteiger partial charge on any atom is 0.234 e. The highest BCUT2D eigenvalue weighted by molar-refractivity contribution is 5.79. The van der Waals surface area contributed by atoms with E-state index in [-0.39, 0.29) is 11.9 Å². The van der Waals surface area contributed by atoms with Crippen molar-refractivity contribution in [2.45, 2.75) is 19.0 Å². The minimum atomic E-state index is -0.430. The van der Waals surface area contributed by atoms with Gasteiger partial charge >= 0.3 is 0 Å². The molecule has 0 radical (unpaired) electrons. The first-order valence-corrected chi connectivity index (χ1v) is 5.82. The summed E-state index contributed by atoms with van der Waals surface area (Å²) < 4.78 is 5.42. The van der Waals surface area contributed by atoms with Gasteiger partial charge in [0.05, 0.1) is 18.3 Å². The van der Waals surface area contributed by atoms with E-state index in [1.807, 2.05) is 42.5 Å². The lowest BCUT2D eigenvalue weighted by Gasteiger charge is -2.20. The first-order chi connectivity index (χ1) is 8.68. The monoisotopic (exact) mass is 244 g/mol. The Morgan fingerprint density at radius 1 is 1.22 bits per heavy atom. The summed E-state index contributed by atoms with van der Waals surface area (Å²) >= 11 is 0. The number of nitrogens with one attached hydrogen (secondary N) is 1. The van der Waals surface area contributed by atoms with E-state index >= 15 is 0 Å². The normalized spacial score (nSPS) is 14.1. The molecule has 2 rings (SSSR count). The zero-order valence-corrected chi connectivity index (χ0v) is 10.2. The van der Waals surface area contributed by atoms with Gasteiger partial charge < -0.3 is 10.2 Å². The van der Waals surface area contributed by atoms with E-state index in [1.165, 1.54) is 0 Å². The molecule has 0 aliphatic heterocycles. The molecule has 2 unspecified atom stereocenters. The van der Waals surface area contributed by atoms with Crippen LogP contribution in [0.2, 0.25) is 0 Å². The Labute approximate surface area is 106 Å². The van der Waals surface area contributed by atoms with Crippen LogP contribution >= 0.6 is 0 Å². The van der Waals surface area contributed by atoms with Crippen LogP contribution in [0, 0.1) is 0 Å². The first kappa shape index (κ1) is 12.4. The third kappa shape index (κ3) is 2.78. The van der Waals surface area contributed by atoms with Crippen molar-refractivity contribution in [3.05, 3.63) is 60.1 Å². The summed E-state index contributed by atoms with van der Waals surface area (Å²) in [6.07, 6.45) is 1.61. The Bertz CT molecular complexity index is 494. The van der Waals surface area contributed by atoms with E-state index in [0.29, 0.717) is 0 Å². The Balaban J connectivity index is 2.27. The molecule has 4 heteroatoms. The average molecular weight is 244 g/mol. The van der Waals surface area contributed by atoms with Crippen LogP contribution in [0.3, 0.4) is 0 Å². The number of carbonyl (C=O) groups is 1. The molecule has 1 aromatic heterocycles. The van der Waals surface area contributed by atoms with E-state index in [0.717, 1.165) is 11.3 Å². The van der Waals surface area contributed by atoms with E-state index < -0.39 is 6.04 Å². The number of amides is 1. The summed E-state index contributed by atoms with van der Waals surface area (Å²) in [5.41, 5.74) is 6.31. The van der Waals surface area contributed by atoms with Crippen molar-refractivity contribution in [2.75, 3.05) is 0 Å². The smallest absolute Gasteiger partial charge is 0.234 e. The van der Waals surface area contributed by atoms with Crippen LogP contribution in [0.25, 0.3) is 0 Å². The lowest BCUT2D eigenvalue weighted by molar-refractivity contribution is -0.119. The fraction of sp³-hybridized carbons (Fsp3) is 0.214. The highest BCUT2D eigenvalue weighted by Gasteiger charge is 2.20. The Morgan fingerprint density at radius 2 is 1.94 bits per heavy atom. The van der Waals surface area contributed by atoms with Crippen LogP contribution in [0.4, 0.5) is 0 Å². The third-order valence-electron chi connectivity index (χ3n) is 2.80. The highest BCUT2D eigenvalue weighted by Crippen LogP contribution is 2.22. The zero-order chi connectivity index (χ0) is 13.0. The predicted octanol–water partition coefficient (Wildman–Crippen LogP) is 1.83. The molecule has 0 bridgehead atoms. The topological polar surface area (TPSA) is 68.3 Å². The lowest BCUT2D eigenvalue weighted by atomic mass is 10.0. The zero-order valence-electron chi connectivity index (χ0n) is 10.2. The van der Waals surface area contributed by atoms with Crippen molar-refractivity contribution < 1.29 is 9.21 Å². The van der Waals surface area contributed by atoms with E-state index in [9.17, 15) is 4.79 Å². The van der Waals surface area contributed by atoms with Gasteiger partial charge in [0.1, 0.15) is 5.76 Å². The van der Waals surface area contributed by atoms with Crippen LogP contribution in [-0.4, -0.2) is 11.9 Å². The van der Waals surface area contributed by atoms with Gasteiger partial charge in [0.2, 0.25) is 5.91 Å². The van der Waals surface area contributed by atoms with Crippen LogP contribution < -0.4 is 11.1 Å². The number of nitrogens with two attached hydrogens (primary N) is 1. The third-order valence-corrected chi connectivity index (χ3v) is 2.80. The Morgan fingerprint density at radius 3 is 2.50 bits per heavy atom. The Kier molecular flexibility index (Phi) is 3.79. The van der Waals surface area contributed by atoms with Crippen LogP contribution in [0.15, 0.2) is 53.1 Å². The number of furan rings is 1. The van der Waals surface area contributed by atoms with Gasteiger partial charge in [-0.2, -0.15) is 0 Å². The van der Waals surface area contributed by atoms with Crippen LogP contribution in [0.5, 0.6) is 0 Å². The van der Waals surface area contributed by atoms with Crippen molar-refractivity contribution in [1.29, 1.82) is 0 Å². The van der Waals surface area contributed by atoms with Crippen molar-refractivity contribution >= 4 is 5.91 Å². The van der Waals surface area contributed by atoms with Crippen LogP contribution in [0.1, 0.15) is 24.3 Å². The molecule has 0 aliphatic rings. The van der Waals surface area contributed by atoms with Crippen molar-refractivity contribution in [2.24, 2.45) is 5.73 Å². The molecule has 0 saturated heterocycles. The maximum atomic E-state index is 11.2. The second-order valence-electron chi connectivity index (χ2n) is 4.15. The number of benzene rings is 1. The molecule has 0 saturated carbocycles. The minimum absolute atomic E-state index is 0.177. The van der Waals surface area contributed by atoms with Gasteiger partial charge in [-0.25, -0.2) is 0 Å². The Hall–Kier alpha value is -2.07. The number of primary amides is 1. The SMILES string of the molecule is CC(NC(c1ccccc1)c1ccco1)C(N)=O.